The number of hydrogen-bond donors (Lipinski definition) is 1. The molecule has 0 aliphatic heterocycles. The molecule has 2 aromatic carbocycles. The molecule has 0 saturated heterocycles. The van der Waals surface area contributed by atoms with Crippen molar-refractivity contribution in [2.45, 2.75) is 6.92 Å². The van der Waals surface area contributed by atoms with Crippen LogP contribution in [0.1, 0.15) is 12.5 Å². The third-order valence-electron chi connectivity index (χ3n) is 3.02. The molecule has 0 aliphatic rings. The minimum absolute atomic E-state index is 0.102. The fraction of sp³-hybridized carbons (Fsp3) is 0.176. The Labute approximate surface area is 148 Å². The number of ether oxygens (including phenoxy) is 2. The molecule has 0 radical (unpaired) electrons. The quantitative estimate of drug-likeness (QED) is 0.440. The molecule has 0 aromatic heterocycles. The van der Waals surface area contributed by atoms with Crippen LogP contribution in [-0.4, -0.2) is 25.3 Å². The molecule has 1 N–H and O–H groups in total. The minimum atomic E-state index is -0.314. The van der Waals surface area contributed by atoms with E-state index in [2.05, 4.69) is 33.1 Å². The number of amides is 1. The van der Waals surface area contributed by atoms with Gasteiger partial charge in [0, 0.05) is 3.57 Å². The third-order valence-corrected chi connectivity index (χ3v) is 3.69. The molecule has 5 nitrogen and oxygen atoms in total. The summed E-state index contributed by atoms with van der Waals surface area (Å²) in [6.45, 7) is 1.74. The van der Waals surface area contributed by atoms with Crippen molar-refractivity contribution in [2.75, 3.05) is 13.7 Å². The third kappa shape index (κ3) is 5.55. The monoisotopic (exact) mass is 424 g/mol. The number of methoxy groups -OCH3 is 1. The van der Waals surface area contributed by atoms with Crippen LogP contribution in [0.3, 0.4) is 0 Å². The molecular formula is C17H17IN2O3. The molecule has 120 valence electrons. The number of nitrogens with one attached hydrogen (secondary N) is 1. The van der Waals surface area contributed by atoms with Gasteiger partial charge in [0.25, 0.3) is 5.91 Å². The number of carbonyl (C=O) groups excluding carboxylic acids is 1. The summed E-state index contributed by atoms with van der Waals surface area (Å²) in [5.41, 5.74) is 4.19. The average Bonchev–Trinajstić information content (AvgIpc) is 2.58. The maximum absolute atomic E-state index is 11.8. The molecule has 0 bridgehead atoms. The van der Waals surface area contributed by atoms with Crippen LogP contribution in [0.2, 0.25) is 0 Å². The van der Waals surface area contributed by atoms with Crippen LogP contribution in [0.15, 0.2) is 53.6 Å². The first kappa shape index (κ1) is 17.3. The predicted molar refractivity (Wildman–Crippen MR) is 98.0 cm³/mol. The highest BCUT2D eigenvalue weighted by molar-refractivity contribution is 14.1. The summed E-state index contributed by atoms with van der Waals surface area (Å²) in [6, 6.07) is 14.9. The van der Waals surface area contributed by atoms with Gasteiger partial charge in [0.15, 0.2) is 6.61 Å². The Morgan fingerprint density at radius 2 is 1.87 bits per heavy atom. The lowest BCUT2D eigenvalue weighted by molar-refractivity contribution is -0.123. The van der Waals surface area contributed by atoms with Gasteiger partial charge >= 0.3 is 0 Å². The summed E-state index contributed by atoms with van der Waals surface area (Å²) in [7, 11) is 1.59. The van der Waals surface area contributed by atoms with Gasteiger partial charge in [-0.3, -0.25) is 4.79 Å². The van der Waals surface area contributed by atoms with Crippen molar-refractivity contribution in [1.82, 2.24) is 5.43 Å². The van der Waals surface area contributed by atoms with Gasteiger partial charge in [0.2, 0.25) is 0 Å². The lowest BCUT2D eigenvalue weighted by atomic mass is 10.1. The molecular weight excluding hydrogens is 407 g/mol. The van der Waals surface area contributed by atoms with Gasteiger partial charge in [-0.25, -0.2) is 5.43 Å². The van der Waals surface area contributed by atoms with E-state index in [1.54, 1.807) is 31.4 Å². The van der Waals surface area contributed by atoms with Crippen LogP contribution in [0.25, 0.3) is 0 Å². The van der Waals surface area contributed by atoms with Crippen molar-refractivity contribution in [3.05, 3.63) is 57.7 Å². The standard InChI is InChI=1S/C17H17IN2O3/c1-12(13-4-3-5-14(18)10-13)19-20-17(21)11-23-16-8-6-15(22-2)7-9-16/h3-10H,11H2,1-2H3,(H,20,21)/b19-12-. The van der Waals surface area contributed by atoms with Crippen molar-refractivity contribution < 1.29 is 14.3 Å². The SMILES string of the molecule is COc1ccc(OCC(=O)N/N=C(/C)c2cccc(I)c2)cc1. The Kier molecular flexibility index (Phi) is 6.40. The lowest BCUT2D eigenvalue weighted by Crippen LogP contribution is -2.25. The molecule has 0 fully saturated rings. The van der Waals surface area contributed by atoms with E-state index in [4.69, 9.17) is 9.47 Å². The fourth-order valence-electron chi connectivity index (χ4n) is 1.78. The molecule has 0 saturated carbocycles. The molecule has 6 heteroatoms. The molecule has 0 unspecified atom stereocenters. The maximum Gasteiger partial charge on any atom is 0.277 e. The van der Waals surface area contributed by atoms with Crippen LogP contribution in [-0.2, 0) is 4.79 Å². The molecule has 1 amide bonds. The van der Waals surface area contributed by atoms with Crippen LogP contribution in [0.4, 0.5) is 0 Å². The topological polar surface area (TPSA) is 59.9 Å². The van der Waals surface area contributed by atoms with Gasteiger partial charge in [0.05, 0.1) is 12.8 Å². The highest BCUT2D eigenvalue weighted by atomic mass is 127. The van der Waals surface area contributed by atoms with E-state index in [1.807, 2.05) is 31.2 Å². The van der Waals surface area contributed by atoms with Crippen molar-refractivity contribution in [1.29, 1.82) is 0 Å². The Bertz CT molecular complexity index is 699. The summed E-state index contributed by atoms with van der Waals surface area (Å²) in [6.07, 6.45) is 0. The van der Waals surface area contributed by atoms with E-state index < -0.39 is 0 Å². The number of benzene rings is 2. The van der Waals surface area contributed by atoms with Crippen molar-refractivity contribution >= 4 is 34.2 Å². The number of carbonyl (C=O) groups is 1. The number of nitrogens with zero attached hydrogens (tertiary/aromatic N) is 1. The zero-order valence-corrected chi connectivity index (χ0v) is 15.0. The highest BCUT2D eigenvalue weighted by Crippen LogP contribution is 2.16. The Balaban J connectivity index is 1.85. The van der Waals surface area contributed by atoms with Gasteiger partial charge in [-0.15, -0.1) is 0 Å². The average molecular weight is 424 g/mol. The molecule has 23 heavy (non-hydrogen) atoms. The van der Waals surface area contributed by atoms with Crippen LogP contribution in [0, 0.1) is 3.57 Å². The zero-order valence-electron chi connectivity index (χ0n) is 12.9. The van der Waals surface area contributed by atoms with E-state index in [1.165, 1.54) is 0 Å². The van der Waals surface area contributed by atoms with Crippen LogP contribution >= 0.6 is 22.6 Å². The van der Waals surface area contributed by atoms with E-state index >= 15 is 0 Å². The van der Waals surface area contributed by atoms with Crippen molar-refractivity contribution in [2.24, 2.45) is 5.10 Å². The maximum atomic E-state index is 11.8. The zero-order chi connectivity index (χ0) is 16.7. The largest absolute Gasteiger partial charge is 0.497 e. The van der Waals surface area contributed by atoms with Gasteiger partial charge in [-0.05, 0) is 71.5 Å². The molecule has 2 aromatic rings. The Morgan fingerprint density at radius 3 is 2.52 bits per heavy atom. The van der Waals surface area contributed by atoms with Gasteiger partial charge < -0.3 is 9.47 Å². The van der Waals surface area contributed by atoms with Gasteiger partial charge in [0.1, 0.15) is 11.5 Å². The summed E-state index contributed by atoms with van der Waals surface area (Å²) in [5, 5.41) is 4.09. The second-order valence-corrected chi connectivity index (χ2v) is 5.95. The summed E-state index contributed by atoms with van der Waals surface area (Å²) < 4.78 is 11.6. The summed E-state index contributed by atoms with van der Waals surface area (Å²) in [5.74, 6) is 1.02. The lowest BCUT2D eigenvalue weighted by Gasteiger charge is -2.07. The first-order valence-corrected chi connectivity index (χ1v) is 8.02. The number of halogens is 1. The van der Waals surface area contributed by atoms with Gasteiger partial charge in [-0.1, -0.05) is 12.1 Å². The van der Waals surface area contributed by atoms with E-state index in [9.17, 15) is 4.79 Å². The number of hydrazone groups is 1. The smallest absolute Gasteiger partial charge is 0.277 e. The van der Waals surface area contributed by atoms with E-state index in [0.717, 1.165) is 20.6 Å². The summed E-state index contributed by atoms with van der Waals surface area (Å²) in [4.78, 5) is 11.8. The highest BCUT2D eigenvalue weighted by Gasteiger charge is 2.03. The molecule has 0 spiro atoms. The molecule has 0 atom stereocenters. The number of hydrogen-bond acceptors (Lipinski definition) is 4. The summed E-state index contributed by atoms with van der Waals surface area (Å²) >= 11 is 2.23. The van der Waals surface area contributed by atoms with Crippen LogP contribution in [0.5, 0.6) is 11.5 Å². The Hall–Kier alpha value is -2.09. The first-order valence-electron chi connectivity index (χ1n) is 6.94. The van der Waals surface area contributed by atoms with Crippen molar-refractivity contribution in [3.8, 4) is 11.5 Å². The Morgan fingerprint density at radius 1 is 1.17 bits per heavy atom. The van der Waals surface area contributed by atoms with Gasteiger partial charge in [-0.2, -0.15) is 5.10 Å². The molecule has 2 rings (SSSR count). The molecule has 0 aliphatic carbocycles. The second-order valence-electron chi connectivity index (χ2n) is 4.71. The van der Waals surface area contributed by atoms with E-state index in [-0.39, 0.29) is 12.5 Å². The minimum Gasteiger partial charge on any atom is -0.497 e. The first-order chi connectivity index (χ1) is 11.1. The van der Waals surface area contributed by atoms with Crippen LogP contribution < -0.4 is 14.9 Å². The van der Waals surface area contributed by atoms with Crippen molar-refractivity contribution in [3.63, 3.8) is 0 Å². The predicted octanol–water partition coefficient (Wildman–Crippen LogP) is 3.22. The normalized spacial score (nSPS) is 11.0. The fourth-order valence-corrected chi connectivity index (χ4v) is 2.32. The second kappa shape index (κ2) is 8.52. The number of rotatable bonds is 6. The molecule has 0 heterocycles. The van der Waals surface area contributed by atoms with E-state index in [0.29, 0.717) is 5.75 Å².